The fourth-order valence-corrected chi connectivity index (χ4v) is 3.26. The number of halogens is 1. The standard InChI is InChI=1S/C18H22FN3O/c1-4-12-15(5-2)21-22(3)16(12)20-17(23)18(10-11-18)13-8-6-7-9-14(13)19/h6-9H,4-5,10-11H2,1-3H3,(H,20,23). The quantitative estimate of drug-likeness (QED) is 0.919. The summed E-state index contributed by atoms with van der Waals surface area (Å²) < 4.78 is 15.8. The Labute approximate surface area is 135 Å². The van der Waals surface area contributed by atoms with Gasteiger partial charge in [-0.25, -0.2) is 4.39 Å². The molecule has 1 aromatic heterocycles. The number of anilines is 1. The van der Waals surface area contributed by atoms with Crippen LogP contribution in [0.5, 0.6) is 0 Å². The van der Waals surface area contributed by atoms with Crippen molar-refractivity contribution in [3.63, 3.8) is 0 Å². The molecule has 1 heterocycles. The molecule has 0 unspecified atom stereocenters. The van der Waals surface area contributed by atoms with E-state index in [-0.39, 0.29) is 11.7 Å². The molecule has 2 aromatic rings. The number of aromatic nitrogens is 2. The first-order valence-corrected chi connectivity index (χ1v) is 8.14. The molecular weight excluding hydrogens is 293 g/mol. The largest absolute Gasteiger partial charge is 0.310 e. The molecule has 23 heavy (non-hydrogen) atoms. The molecule has 0 aliphatic heterocycles. The summed E-state index contributed by atoms with van der Waals surface area (Å²) in [7, 11) is 1.83. The number of carbonyl (C=O) groups excluding carboxylic acids is 1. The number of nitrogens with zero attached hydrogens (tertiary/aromatic N) is 2. The zero-order valence-corrected chi connectivity index (χ0v) is 13.8. The minimum absolute atomic E-state index is 0.136. The number of hydrogen-bond donors (Lipinski definition) is 1. The van der Waals surface area contributed by atoms with Gasteiger partial charge in [-0.2, -0.15) is 5.10 Å². The molecule has 5 heteroatoms. The summed E-state index contributed by atoms with van der Waals surface area (Å²) >= 11 is 0. The van der Waals surface area contributed by atoms with E-state index in [1.165, 1.54) is 6.07 Å². The van der Waals surface area contributed by atoms with Gasteiger partial charge in [0.15, 0.2) is 0 Å². The Morgan fingerprint density at radius 2 is 2.00 bits per heavy atom. The van der Waals surface area contributed by atoms with Gasteiger partial charge in [-0.1, -0.05) is 32.0 Å². The Bertz CT molecular complexity index is 747. The average Bonchev–Trinajstić information content (AvgIpc) is 3.29. The van der Waals surface area contributed by atoms with Crippen molar-refractivity contribution >= 4 is 11.7 Å². The predicted octanol–water partition coefficient (Wildman–Crippen LogP) is 3.35. The molecule has 3 rings (SSSR count). The van der Waals surface area contributed by atoms with E-state index >= 15 is 0 Å². The van der Waals surface area contributed by atoms with Gasteiger partial charge >= 0.3 is 0 Å². The second-order valence-electron chi connectivity index (χ2n) is 6.12. The summed E-state index contributed by atoms with van der Waals surface area (Å²) in [5.74, 6) is 0.287. The van der Waals surface area contributed by atoms with Gasteiger partial charge in [-0.3, -0.25) is 9.48 Å². The van der Waals surface area contributed by atoms with Gasteiger partial charge < -0.3 is 5.32 Å². The molecule has 1 aliphatic carbocycles. The summed E-state index contributed by atoms with van der Waals surface area (Å²) in [6, 6.07) is 6.56. The Balaban J connectivity index is 1.91. The van der Waals surface area contributed by atoms with E-state index in [2.05, 4.69) is 24.3 Å². The minimum Gasteiger partial charge on any atom is -0.310 e. The number of hydrogen-bond acceptors (Lipinski definition) is 2. The van der Waals surface area contributed by atoms with E-state index in [9.17, 15) is 9.18 Å². The highest BCUT2D eigenvalue weighted by atomic mass is 19.1. The summed E-state index contributed by atoms with van der Waals surface area (Å²) in [6.45, 7) is 4.10. The van der Waals surface area contributed by atoms with Crippen LogP contribution in [0.1, 0.15) is 43.5 Å². The van der Waals surface area contributed by atoms with Crippen molar-refractivity contribution in [2.24, 2.45) is 7.05 Å². The van der Waals surface area contributed by atoms with E-state index in [1.54, 1.807) is 22.9 Å². The minimum atomic E-state index is -0.729. The highest BCUT2D eigenvalue weighted by Gasteiger charge is 2.53. The first kappa shape index (κ1) is 15.7. The molecule has 0 bridgehead atoms. The predicted molar refractivity (Wildman–Crippen MR) is 87.9 cm³/mol. The first-order chi connectivity index (χ1) is 11.0. The van der Waals surface area contributed by atoms with Crippen LogP contribution < -0.4 is 5.32 Å². The van der Waals surface area contributed by atoms with Crippen molar-refractivity contribution in [2.45, 2.75) is 44.9 Å². The first-order valence-electron chi connectivity index (χ1n) is 8.14. The van der Waals surface area contributed by atoms with E-state index in [1.807, 2.05) is 7.05 Å². The number of amides is 1. The molecule has 1 amide bonds. The SMILES string of the molecule is CCc1nn(C)c(NC(=O)C2(c3ccccc3F)CC2)c1CC. The molecule has 1 saturated carbocycles. The lowest BCUT2D eigenvalue weighted by Gasteiger charge is -2.17. The van der Waals surface area contributed by atoms with Gasteiger partial charge in [-0.05, 0) is 31.7 Å². The normalized spacial score (nSPS) is 15.5. The van der Waals surface area contributed by atoms with Crippen LogP contribution in [-0.4, -0.2) is 15.7 Å². The van der Waals surface area contributed by atoms with Gasteiger partial charge in [0.05, 0.1) is 11.1 Å². The van der Waals surface area contributed by atoms with E-state index in [0.717, 1.165) is 29.9 Å². The van der Waals surface area contributed by atoms with Crippen molar-refractivity contribution in [3.8, 4) is 0 Å². The topological polar surface area (TPSA) is 46.9 Å². The molecule has 1 aromatic carbocycles. The van der Waals surface area contributed by atoms with Crippen LogP contribution in [0.3, 0.4) is 0 Å². The molecular formula is C18H22FN3O. The lowest BCUT2D eigenvalue weighted by atomic mass is 9.94. The summed E-state index contributed by atoms with van der Waals surface area (Å²) in [6.07, 6.45) is 2.99. The van der Waals surface area contributed by atoms with Gasteiger partial charge in [0.1, 0.15) is 11.6 Å². The highest BCUT2D eigenvalue weighted by Crippen LogP contribution is 2.50. The van der Waals surface area contributed by atoms with Crippen LogP contribution in [0.2, 0.25) is 0 Å². The van der Waals surface area contributed by atoms with Crippen molar-refractivity contribution in [2.75, 3.05) is 5.32 Å². The van der Waals surface area contributed by atoms with Crippen LogP contribution in [0.25, 0.3) is 0 Å². The van der Waals surface area contributed by atoms with Crippen LogP contribution in [0.4, 0.5) is 10.2 Å². The molecule has 0 spiro atoms. The lowest BCUT2D eigenvalue weighted by Crippen LogP contribution is -2.30. The smallest absolute Gasteiger partial charge is 0.236 e. The average molecular weight is 315 g/mol. The zero-order valence-electron chi connectivity index (χ0n) is 13.8. The fraction of sp³-hybridized carbons (Fsp3) is 0.444. The number of rotatable bonds is 5. The Morgan fingerprint density at radius 1 is 1.30 bits per heavy atom. The lowest BCUT2D eigenvalue weighted by molar-refractivity contribution is -0.118. The van der Waals surface area contributed by atoms with Crippen molar-refractivity contribution in [1.82, 2.24) is 9.78 Å². The van der Waals surface area contributed by atoms with Gasteiger partial charge in [0.25, 0.3) is 0 Å². The summed E-state index contributed by atoms with van der Waals surface area (Å²) in [5.41, 5.74) is 1.83. The molecule has 0 atom stereocenters. The Morgan fingerprint density at radius 3 is 2.57 bits per heavy atom. The Kier molecular flexibility index (Phi) is 3.96. The number of aryl methyl sites for hydroxylation is 2. The molecule has 122 valence electrons. The zero-order chi connectivity index (χ0) is 16.6. The number of carbonyl (C=O) groups is 1. The van der Waals surface area contributed by atoms with Crippen molar-refractivity contribution in [1.29, 1.82) is 0 Å². The Hall–Kier alpha value is -2.17. The molecule has 0 radical (unpaired) electrons. The van der Waals surface area contributed by atoms with E-state index < -0.39 is 5.41 Å². The van der Waals surface area contributed by atoms with Crippen molar-refractivity contribution < 1.29 is 9.18 Å². The third-order valence-corrected chi connectivity index (χ3v) is 4.72. The van der Waals surface area contributed by atoms with Gasteiger partial charge in [0, 0.05) is 18.2 Å². The molecule has 1 aliphatic rings. The summed E-state index contributed by atoms with van der Waals surface area (Å²) in [5, 5.41) is 7.48. The van der Waals surface area contributed by atoms with Gasteiger partial charge in [-0.15, -0.1) is 0 Å². The molecule has 1 N–H and O–H groups in total. The van der Waals surface area contributed by atoms with Crippen LogP contribution >= 0.6 is 0 Å². The highest BCUT2D eigenvalue weighted by molar-refractivity contribution is 6.01. The fourth-order valence-electron chi connectivity index (χ4n) is 3.26. The van der Waals surface area contributed by atoms with Gasteiger partial charge in [0.2, 0.25) is 5.91 Å². The second kappa shape index (κ2) is 5.80. The molecule has 0 saturated heterocycles. The molecule has 1 fully saturated rings. The number of nitrogens with one attached hydrogen (secondary N) is 1. The maximum Gasteiger partial charge on any atom is 0.236 e. The van der Waals surface area contributed by atoms with Crippen LogP contribution in [0.15, 0.2) is 24.3 Å². The van der Waals surface area contributed by atoms with Crippen LogP contribution in [0, 0.1) is 5.82 Å². The monoisotopic (exact) mass is 315 g/mol. The number of benzene rings is 1. The third kappa shape index (κ3) is 2.54. The third-order valence-electron chi connectivity index (χ3n) is 4.72. The maximum absolute atomic E-state index is 14.1. The van der Waals surface area contributed by atoms with Crippen LogP contribution in [-0.2, 0) is 30.1 Å². The van der Waals surface area contributed by atoms with Crippen molar-refractivity contribution in [3.05, 3.63) is 46.9 Å². The van der Waals surface area contributed by atoms with E-state index in [4.69, 9.17) is 0 Å². The second-order valence-corrected chi connectivity index (χ2v) is 6.12. The summed E-state index contributed by atoms with van der Waals surface area (Å²) in [4.78, 5) is 12.8. The van der Waals surface area contributed by atoms with E-state index in [0.29, 0.717) is 18.4 Å². The maximum atomic E-state index is 14.1. The molecule has 4 nitrogen and oxygen atoms in total.